The van der Waals surface area contributed by atoms with Crippen molar-refractivity contribution in [1.29, 1.82) is 0 Å². The van der Waals surface area contributed by atoms with Gasteiger partial charge in [-0.25, -0.2) is 0 Å². The Morgan fingerprint density at radius 3 is 1.50 bits per heavy atom. The molecule has 0 aromatic rings. The Hall–Kier alpha value is -0.260. The third kappa shape index (κ3) is 3.74. The summed E-state index contributed by atoms with van der Waals surface area (Å²) in [6, 6.07) is 0. The van der Waals surface area contributed by atoms with Crippen LogP contribution < -0.4 is 0 Å². The minimum absolute atomic E-state index is 1.17. The van der Waals surface area contributed by atoms with Crippen molar-refractivity contribution in [2.75, 3.05) is 0 Å². The average Bonchev–Trinajstić information content (AvgIpc) is 1.61. The first-order valence-corrected chi connectivity index (χ1v) is 2.56. The monoisotopic (exact) mass is 84.1 g/mol. The van der Waals surface area contributed by atoms with E-state index in [-0.39, 0.29) is 0 Å². The van der Waals surface area contributed by atoms with Gasteiger partial charge >= 0.3 is 0 Å². The lowest BCUT2D eigenvalue weighted by atomic mass is 10.4. The van der Waals surface area contributed by atoms with Crippen LogP contribution in [0.5, 0.6) is 0 Å². The van der Waals surface area contributed by atoms with Crippen molar-refractivity contribution < 1.29 is 0 Å². The molecule has 0 aliphatic heterocycles. The van der Waals surface area contributed by atoms with Crippen LogP contribution in [-0.4, -0.2) is 0 Å². The summed E-state index contributed by atoms with van der Waals surface area (Å²) >= 11 is 0. The van der Waals surface area contributed by atoms with E-state index in [1.807, 2.05) is 0 Å². The number of allylic oxidation sites excluding steroid dienone is 2. The van der Waals surface area contributed by atoms with Gasteiger partial charge in [0, 0.05) is 0 Å². The topological polar surface area (TPSA) is 0 Å². The zero-order valence-electron chi connectivity index (χ0n) is 4.57. The second kappa shape index (κ2) is 4.74. The van der Waals surface area contributed by atoms with Crippen molar-refractivity contribution in [2.45, 2.75) is 26.7 Å². The number of hydrogen-bond acceptors (Lipinski definition) is 0. The van der Waals surface area contributed by atoms with E-state index in [0.29, 0.717) is 0 Å². The van der Waals surface area contributed by atoms with Crippen LogP contribution in [0.2, 0.25) is 0 Å². The highest BCUT2D eigenvalue weighted by molar-refractivity contribution is 4.77. The first-order valence-electron chi connectivity index (χ1n) is 2.56. The van der Waals surface area contributed by atoms with Crippen molar-refractivity contribution >= 4 is 0 Å². The smallest absolute Gasteiger partial charge is 0.0379 e. The normalized spacial score (nSPS) is 10.3. The molecule has 0 aliphatic carbocycles. The maximum absolute atomic E-state index is 2.18. The van der Waals surface area contributed by atoms with E-state index in [0.717, 1.165) is 0 Å². The Balaban J connectivity index is 2.73. The number of rotatable bonds is 2. The second-order valence-electron chi connectivity index (χ2n) is 1.29. The van der Waals surface area contributed by atoms with Gasteiger partial charge < -0.3 is 0 Å². The molecule has 0 heteroatoms. The molecule has 0 aromatic carbocycles. The first-order chi connectivity index (χ1) is 2.91. The average molecular weight is 84.2 g/mol. The van der Waals surface area contributed by atoms with E-state index in [9.17, 15) is 0 Å². The zero-order chi connectivity index (χ0) is 4.83. The minimum Gasteiger partial charge on any atom is -0.0888 e. The van der Waals surface area contributed by atoms with Crippen LogP contribution in [-0.2, 0) is 0 Å². The quantitative estimate of drug-likeness (QED) is 0.450. The Labute approximate surface area is 39.9 Å². The van der Waals surface area contributed by atoms with Crippen LogP contribution in [0.1, 0.15) is 26.7 Å². The summed E-state index contributed by atoms with van der Waals surface area (Å²) in [6.07, 6.45) is 6.71. The van der Waals surface area contributed by atoms with E-state index in [2.05, 4.69) is 26.0 Å². The largest absolute Gasteiger partial charge is 0.0888 e. The highest BCUT2D eigenvalue weighted by Crippen LogP contribution is 1.81. The Kier molecular flexibility index (Phi) is 4.53. The fourth-order valence-corrected chi connectivity index (χ4v) is 0.333. The molecule has 0 nitrogen and oxygen atoms in total. The van der Waals surface area contributed by atoms with E-state index in [4.69, 9.17) is 0 Å². The molecule has 0 aromatic heterocycles. The first kappa shape index (κ1) is 5.74. The molecule has 0 saturated carbocycles. The molecule has 0 saturated heterocycles. The lowest BCUT2D eigenvalue weighted by molar-refractivity contribution is 1.16. The van der Waals surface area contributed by atoms with Crippen LogP contribution in [0, 0.1) is 0 Å². The van der Waals surface area contributed by atoms with Gasteiger partial charge in [-0.1, -0.05) is 26.0 Å². The van der Waals surface area contributed by atoms with Gasteiger partial charge in [-0.3, -0.25) is 0 Å². The maximum Gasteiger partial charge on any atom is -0.0379 e. The van der Waals surface area contributed by atoms with Gasteiger partial charge in [0.05, 0.1) is 0 Å². The van der Waals surface area contributed by atoms with Gasteiger partial charge in [0.15, 0.2) is 0 Å². The van der Waals surface area contributed by atoms with Gasteiger partial charge in [-0.15, -0.1) is 0 Å². The molecule has 0 atom stereocenters. The molecule has 6 heavy (non-hydrogen) atoms. The SMILES string of the molecule is CC/C=C/CC. The molecule has 0 fully saturated rings. The highest BCUT2D eigenvalue weighted by Gasteiger charge is 1.60. The van der Waals surface area contributed by atoms with Crippen molar-refractivity contribution in [2.24, 2.45) is 0 Å². The van der Waals surface area contributed by atoms with Crippen LogP contribution in [0.25, 0.3) is 0 Å². The minimum atomic E-state index is 1.17. The summed E-state index contributed by atoms with van der Waals surface area (Å²) in [5, 5.41) is 0. The van der Waals surface area contributed by atoms with Crippen LogP contribution in [0.4, 0.5) is 0 Å². The van der Waals surface area contributed by atoms with Gasteiger partial charge in [0.25, 0.3) is 0 Å². The molecule has 0 aliphatic rings. The van der Waals surface area contributed by atoms with E-state index in [1.165, 1.54) is 12.8 Å². The van der Waals surface area contributed by atoms with Gasteiger partial charge in [0.2, 0.25) is 0 Å². The molecular weight excluding hydrogens is 72.1 g/mol. The summed E-state index contributed by atoms with van der Waals surface area (Å²) in [5.41, 5.74) is 0. The van der Waals surface area contributed by atoms with Crippen molar-refractivity contribution in [1.82, 2.24) is 0 Å². The van der Waals surface area contributed by atoms with Crippen molar-refractivity contribution in [3.8, 4) is 0 Å². The molecule has 0 unspecified atom stereocenters. The van der Waals surface area contributed by atoms with Crippen molar-refractivity contribution in [3.63, 3.8) is 0 Å². The molecule has 36 valence electrons. The second-order valence-corrected chi connectivity index (χ2v) is 1.29. The van der Waals surface area contributed by atoms with Crippen LogP contribution in [0.3, 0.4) is 0 Å². The number of hydrogen-bond donors (Lipinski definition) is 0. The Morgan fingerprint density at radius 1 is 1.00 bits per heavy atom. The molecule has 0 amide bonds. The zero-order valence-corrected chi connectivity index (χ0v) is 4.57. The van der Waals surface area contributed by atoms with Crippen LogP contribution in [0.15, 0.2) is 12.2 Å². The van der Waals surface area contributed by atoms with Crippen molar-refractivity contribution in [3.05, 3.63) is 12.2 Å². The highest BCUT2D eigenvalue weighted by atomic mass is 13.7. The fraction of sp³-hybridized carbons (Fsp3) is 0.667. The summed E-state index contributed by atoms with van der Waals surface area (Å²) in [5.74, 6) is 0. The maximum atomic E-state index is 2.18. The Morgan fingerprint density at radius 2 is 1.33 bits per heavy atom. The summed E-state index contributed by atoms with van der Waals surface area (Å²) in [7, 11) is 0. The van der Waals surface area contributed by atoms with Gasteiger partial charge in [-0.05, 0) is 12.8 Å². The molecule has 0 rings (SSSR count). The lowest BCUT2D eigenvalue weighted by Crippen LogP contribution is -1.51. The van der Waals surface area contributed by atoms with E-state index < -0.39 is 0 Å². The molecule has 0 heterocycles. The van der Waals surface area contributed by atoms with Gasteiger partial charge in [-0.2, -0.15) is 0 Å². The van der Waals surface area contributed by atoms with E-state index in [1.54, 1.807) is 0 Å². The summed E-state index contributed by atoms with van der Waals surface area (Å²) in [4.78, 5) is 0. The molecular formula is C6H12. The molecule has 0 spiro atoms. The third-order valence-corrected chi connectivity index (χ3v) is 0.638. The van der Waals surface area contributed by atoms with E-state index >= 15 is 0 Å². The predicted molar refractivity (Wildman–Crippen MR) is 29.7 cm³/mol. The predicted octanol–water partition coefficient (Wildman–Crippen LogP) is 2.36. The Bertz CT molecular complexity index is 29.3. The molecule has 0 bridgehead atoms. The lowest BCUT2D eigenvalue weighted by Gasteiger charge is -1.72. The fourth-order valence-electron chi connectivity index (χ4n) is 0.333. The standard InChI is InChI=1S/C6H12/c1-3-5-6-4-2/h5-6H,3-4H2,1-2H3/b6-5+. The molecule has 0 radical (unpaired) electrons. The summed E-state index contributed by atoms with van der Waals surface area (Å²) in [6.45, 7) is 4.29. The van der Waals surface area contributed by atoms with Gasteiger partial charge in [0.1, 0.15) is 0 Å². The summed E-state index contributed by atoms with van der Waals surface area (Å²) < 4.78 is 0. The molecule has 0 N–H and O–H groups in total. The van der Waals surface area contributed by atoms with Crippen LogP contribution >= 0.6 is 0 Å². The third-order valence-electron chi connectivity index (χ3n) is 0.638.